The average Bonchev–Trinajstić information content (AvgIpc) is 2.97. The molecule has 0 fully saturated rings. The maximum absolute atomic E-state index is 11.6. The topological polar surface area (TPSA) is 131 Å². The van der Waals surface area contributed by atoms with Gasteiger partial charge in [-0.25, -0.2) is 9.78 Å². The summed E-state index contributed by atoms with van der Waals surface area (Å²) in [5.41, 5.74) is 5.50. The number of unbranched alkanes of at least 4 members (excludes halogenated alkanes) is 2. The molecule has 0 aliphatic carbocycles. The number of anilines is 1. The number of nitrogens with zero attached hydrogens (tertiary/aromatic N) is 6. The molecular weight excluding hydrogens is 314 g/mol. The molecule has 2 aromatic rings. The molecule has 24 heavy (non-hydrogen) atoms. The van der Waals surface area contributed by atoms with Crippen LogP contribution in [-0.4, -0.2) is 42.1 Å². The van der Waals surface area contributed by atoms with E-state index in [-0.39, 0.29) is 18.5 Å². The highest BCUT2D eigenvalue weighted by molar-refractivity contribution is 5.69. The first-order valence-electron chi connectivity index (χ1n) is 7.82. The van der Waals surface area contributed by atoms with Crippen LogP contribution in [0.25, 0.3) is 0 Å². The third kappa shape index (κ3) is 5.45. The minimum atomic E-state index is -0.476. The minimum Gasteiger partial charge on any atom is -0.466 e. The molecule has 0 bridgehead atoms. The molecule has 0 amide bonds. The SMILES string of the molecule is CCOC(=O)CCCCCn1cc(Cn2cnc(N)nc2=O)nn1. The van der Waals surface area contributed by atoms with Crippen LogP contribution in [0.1, 0.15) is 38.3 Å². The van der Waals surface area contributed by atoms with Crippen LogP contribution in [0.15, 0.2) is 17.3 Å². The third-order valence-electron chi connectivity index (χ3n) is 3.28. The van der Waals surface area contributed by atoms with Gasteiger partial charge in [-0.3, -0.25) is 14.0 Å². The molecule has 0 spiro atoms. The van der Waals surface area contributed by atoms with E-state index in [2.05, 4.69) is 20.3 Å². The molecule has 0 unspecified atom stereocenters. The van der Waals surface area contributed by atoms with Crippen LogP contribution in [0.2, 0.25) is 0 Å². The number of aryl methyl sites for hydroxylation is 1. The van der Waals surface area contributed by atoms with Crippen LogP contribution >= 0.6 is 0 Å². The van der Waals surface area contributed by atoms with E-state index in [0.717, 1.165) is 19.3 Å². The van der Waals surface area contributed by atoms with Crippen molar-refractivity contribution in [3.05, 3.63) is 28.7 Å². The van der Waals surface area contributed by atoms with E-state index in [1.807, 2.05) is 0 Å². The molecule has 2 aromatic heterocycles. The first kappa shape index (κ1) is 17.6. The zero-order chi connectivity index (χ0) is 17.4. The van der Waals surface area contributed by atoms with Gasteiger partial charge < -0.3 is 10.5 Å². The number of carbonyl (C=O) groups is 1. The van der Waals surface area contributed by atoms with E-state index >= 15 is 0 Å². The Morgan fingerprint density at radius 1 is 1.33 bits per heavy atom. The summed E-state index contributed by atoms with van der Waals surface area (Å²) in [7, 11) is 0. The number of esters is 1. The van der Waals surface area contributed by atoms with Crippen molar-refractivity contribution in [2.75, 3.05) is 12.3 Å². The zero-order valence-electron chi connectivity index (χ0n) is 13.6. The fourth-order valence-electron chi connectivity index (χ4n) is 2.13. The molecule has 2 rings (SSSR count). The fraction of sp³-hybridized carbons (Fsp3) is 0.571. The number of carbonyl (C=O) groups excluding carboxylic acids is 1. The van der Waals surface area contributed by atoms with Gasteiger partial charge >= 0.3 is 11.7 Å². The van der Waals surface area contributed by atoms with Gasteiger partial charge in [0.1, 0.15) is 12.0 Å². The van der Waals surface area contributed by atoms with Crippen molar-refractivity contribution >= 4 is 11.9 Å². The Labute approximate surface area is 138 Å². The smallest absolute Gasteiger partial charge is 0.352 e. The Morgan fingerprint density at radius 2 is 2.17 bits per heavy atom. The molecule has 0 aromatic carbocycles. The van der Waals surface area contributed by atoms with Gasteiger partial charge in [-0.1, -0.05) is 11.6 Å². The number of ether oxygens (including phenoxy) is 1. The maximum atomic E-state index is 11.6. The van der Waals surface area contributed by atoms with Crippen molar-refractivity contribution in [3.8, 4) is 0 Å². The van der Waals surface area contributed by atoms with Crippen LogP contribution in [-0.2, 0) is 22.6 Å². The van der Waals surface area contributed by atoms with Gasteiger partial charge in [0.2, 0.25) is 5.95 Å². The quantitative estimate of drug-likeness (QED) is 0.500. The second kappa shape index (κ2) is 8.75. The van der Waals surface area contributed by atoms with E-state index in [0.29, 0.717) is 25.3 Å². The fourth-order valence-corrected chi connectivity index (χ4v) is 2.13. The maximum Gasteiger partial charge on any atom is 0.352 e. The van der Waals surface area contributed by atoms with Crippen LogP contribution < -0.4 is 11.4 Å². The Kier molecular flexibility index (Phi) is 6.41. The Morgan fingerprint density at radius 3 is 2.92 bits per heavy atom. The summed E-state index contributed by atoms with van der Waals surface area (Å²) in [6.45, 7) is 3.15. The molecule has 130 valence electrons. The number of hydrogen-bond donors (Lipinski definition) is 1. The van der Waals surface area contributed by atoms with Gasteiger partial charge in [0, 0.05) is 13.0 Å². The highest BCUT2D eigenvalue weighted by Crippen LogP contribution is 2.04. The second-order valence-electron chi connectivity index (χ2n) is 5.21. The van der Waals surface area contributed by atoms with Crippen molar-refractivity contribution < 1.29 is 9.53 Å². The lowest BCUT2D eigenvalue weighted by atomic mass is 10.2. The van der Waals surface area contributed by atoms with Crippen LogP contribution in [0.3, 0.4) is 0 Å². The molecule has 0 saturated heterocycles. The predicted octanol–water partition coefficient (Wildman–Crippen LogP) is -0.0162. The third-order valence-corrected chi connectivity index (χ3v) is 3.28. The van der Waals surface area contributed by atoms with Crippen molar-refractivity contribution in [3.63, 3.8) is 0 Å². The first-order chi connectivity index (χ1) is 11.6. The van der Waals surface area contributed by atoms with Crippen LogP contribution in [0.4, 0.5) is 5.95 Å². The molecule has 2 N–H and O–H groups in total. The molecule has 0 saturated carbocycles. The molecule has 10 heteroatoms. The van der Waals surface area contributed by atoms with E-state index in [1.165, 1.54) is 10.9 Å². The monoisotopic (exact) mass is 335 g/mol. The van der Waals surface area contributed by atoms with Gasteiger partial charge in [0.15, 0.2) is 0 Å². The van der Waals surface area contributed by atoms with Crippen molar-refractivity contribution in [1.82, 2.24) is 29.5 Å². The number of aromatic nitrogens is 6. The van der Waals surface area contributed by atoms with Crippen molar-refractivity contribution in [2.45, 2.75) is 45.7 Å². The molecule has 0 aliphatic heterocycles. The summed E-state index contributed by atoms with van der Waals surface area (Å²) in [6, 6.07) is 0. The summed E-state index contributed by atoms with van der Waals surface area (Å²) >= 11 is 0. The zero-order valence-corrected chi connectivity index (χ0v) is 13.6. The molecule has 0 atom stereocenters. The van der Waals surface area contributed by atoms with Gasteiger partial charge in [0.05, 0.1) is 19.3 Å². The highest BCUT2D eigenvalue weighted by Gasteiger charge is 2.05. The lowest BCUT2D eigenvalue weighted by Crippen LogP contribution is -2.25. The standard InChI is InChI=1S/C14H21N7O3/c1-2-24-12(22)6-4-3-5-7-21-9-11(18-19-21)8-20-10-16-13(15)17-14(20)23/h9-10H,2-8H2,1H3,(H2,15,17,23). The molecule has 0 radical (unpaired) electrons. The normalized spacial score (nSPS) is 10.7. The first-order valence-corrected chi connectivity index (χ1v) is 7.82. The number of nitrogens with two attached hydrogens (primary N) is 1. The van der Waals surface area contributed by atoms with Gasteiger partial charge in [0.25, 0.3) is 0 Å². The van der Waals surface area contributed by atoms with E-state index in [9.17, 15) is 9.59 Å². The summed E-state index contributed by atoms with van der Waals surface area (Å²) in [5.74, 6) is -0.209. The largest absolute Gasteiger partial charge is 0.466 e. The predicted molar refractivity (Wildman–Crippen MR) is 84.9 cm³/mol. The highest BCUT2D eigenvalue weighted by atomic mass is 16.5. The summed E-state index contributed by atoms with van der Waals surface area (Å²) < 4.78 is 7.89. The number of hydrogen-bond acceptors (Lipinski definition) is 8. The van der Waals surface area contributed by atoms with Crippen molar-refractivity contribution in [2.24, 2.45) is 0 Å². The molecule has 2 heterocycles. The lowest BCUT2D eigenvalue weighted by molar-refractivity contribution is -0.143. The molecule has 0 aliphatic rings. The van der Waals surface area contributed by atoms with Crippen LogP contribution in [0.5, 0.6) is 0 Å². The van der Waals surface area contributed by atoms with Crippen LogP contribution in [0, 0.1) is 0 Å². The summed E-state index contributed by atoms with van der Waals surface area (Å²) in [4.78, 5) is 30.2. The number of rotatable bonds is 9. The van der Waals surface area contributed by atoms with Gasteiger partial charge in [-0.15, -0.1) is 5.10 Å². The average molecular weight is 335 g/mol. The van der Waals surface area contributed by atoms with Crippen molar-refractivity contribution in [1.29, 1.82) is 0 Å². The lowest BCUT2D eigenvalue weighted by Gasteiger charge is -2.02. The Balaban J connectivity index is 1.75. The molecular formula is C14H21N7O3. The summed E-state index contributed by atoms with van der Waals surface area (Å²) in [5, 5.41) is 8.03. The van der Waals surface area contributed by atoms with E-state index < -0.39 is 5.69 Å². The Hall–Kier alpha value is -2.78. The second-order valence-corrected chi connectivity index (χ2v) is 5.21. The van der Waals surface area contributed by atoms with Gasteiger partial charge in [-0.2, -0.15) is 4.98 Å². The van der Waals surface area contributed by atoms with E-state index in [1.54, 1.807) is 17.8 Å². The van der Waals surface area contributed by atoms with Gasteiger partial charge in [-0.05, 0) is 19.8 Å². The molecule has 10 nitrogen and oxygen atoms in total. The minimum absolute atomic E-state index is 0.0530. The van der Waals surface area contributed by atoms with E-state index in [4.69, 9.17) is 10.5 Å². The number of nitrogen functional groups attached to an aromatic ring is 1. The summed E-state index contributed by atoms with van der Waals surface area (Å²) in [6.07, 6.45) is 6.12. The Bertz CT molecular complexity index is 725.